The molecule has 1 amide bonds. The summed E-state index contributed by atoms with van der Waals surface area (Å²) < 4.78 is 37.1. The van der Waals surface area contributed by atoms with E-state index in [4.69, 9.17) is 0 Å². The molecule has 1 aromatic rings. The third-order valence-electron chi connectivity index (χ3n) is 3.27. The second-order valence-electron chi connectivity index (χ2n) is 4.65. The number of carbonyl (C=O) groups is 1. The zero-order valence-electron chi connectivity index (χ0n) is 10.1. The minimum Gasteiger partial charge on any atom is -0.391 e. The van der Waals surface area contributed by atoms with Crippen LogP contribution in [0.1, 0.15) is 35.2 Å². The lowest BCUT2D eigenvalue weighted by Crippen LogP contribution is -2.39. The first-order valence-electron chi connectivity index (χ1n) is 6.04. The van der Waals surface area contributed by atoms with Crippen LogP contribution in [-0.4, -0.2) is 23.2 Å². The molecule has 0 aliphatic heterocycles. The van der Waals surface area contributed by atoms with Crippen LogP contribution >= 0.6 is 0 Å². The molecule has 2 atom stereocenters. The average Bonchev–Trinajstić information content (AvgIpc) is 2.74. The lowest BCUT2D eigenvalue weighted by molar-refractivity contribution is -0.137. The lowest BCUT2D eigenvalue weighted by Gasteiger charge is -2.16. The Labute approximate surface area is 108 Å². The fourth-order valence-electron chi connectivity index (χ4n) is 2.17. The number of nitrogens with one attached hydrogen (secondary N) is 1. The third kappa shape index (κ3) is 3.26. The highest BCUT2D eigenvalue weighted by molar-refractivity contribution is 5.94. The molecule has 0 aromatic heterocycles. The maximum Gasteiger partial charge on any atom is 0.416 e. The van der Waals surface area contributed by atoms with Crippen LogP contribution in [0.4, 0.5) is 13.2 Å². The molecule has 0 saturated heterocycles. The Hall–Kier alpha value is -1.56. The summed E-state index contributed by atoms with van der Waals surface area (Å²) in [6, 6.07) is 3.72. The first-order chi connectivity index (χ1) is 8.88. The topological polar surface area (TPSA) is 49.3 Å². The van der Waals surface area contributed by atoms with E-state index < -0.39 is 23.8 Å². The van der Waals surface area contributed by atoms with E-state index in [0.717, 1.165) is 30.7 Å². The van der Waals surface area contributed by atoms with Crippen molar-refractivity contribution in [2.75, 3.05) is 0 Å². The van der Waals surface area contributed by atoms with Crippen LogP contribution in [-0.2, 0) is 6.18 Å². The van der Waals surface area contributed by atoms with Crippen molar-refractivity contribution in [2.45, 2.75) is 37.6 Å². The molecule has 1 aromatic carbocycles. The zero-order valence-corrected chi connectivity index (χ0v) is 10.1. The summed E-state index contributed by atoms with van der Waals surface area (Å²) in [6.45, 7) is 0. The molecule has 0 unspecified atom stereocenters. The van der Waals surface area contributed by atoms with Gasteiger partial charge in [0, 0.05) is 5.56 Å². The first-order valence-corrected chi connectivity index (χ1v) is 6.04. The van der Waals surface area contributed by atoms with E-state index in [0.29, 0.717) is 12.8 Å². The van der Waals surface area contributed by atoms with E-state index in [2.05, 4.69) is 5.32 Å². The Kier molecular flexibility index (Phi) is 3.80. The minimum atomic E-state index is -4.41. The number of alkyl halides is 3. The van der Waals surface area contributed by atoms with Gasteiger partial charge in [-0.3, -0.25) is 4.79 Å². The molecule has 104 valence electrons. The fourth-order valence-corrected chi connectivity index (χ4v) is 2.17. The molecule has 0 heterocycles. The van der Waals surface area contributed by atoms with E-state index in [9.17, 15) is 23.1 Å². The average molecular weight is 273 g/mol. The van der Waals surface area contributed by atoms with Crippen LogP contribution in [0.15, 0.2) is 24.3 Å². The molecule has 1 saturated carbocycles. The van der Waals surface area contributed by atoms with Gasteiger partial charge in [0.2, 0.25) is 0 Å². The van der Waals surface area contributed by atoms with Crippen LogP contribution in [0.25, 0.3) is 0 Å². The molecule has 19 heavy (non-hydrogen) atoms. The van der Waals surface area contributed by atoms with Crippen molar-refractivity contribution < 1.29 is 23.1 Å². The molecule has 6 heteroatoms. The van der Waals surface area contributed by atoms with Crippen molar-refractivity contribution >= 4 is 5.91 Å². The van der Waals surface area contributed by atoms with E-state index in [1.807, 2.05) is 0 Å². The van der Waals surface area contributed by atoms with Gasteiger partial charge in [-0.25, -0.2) is 0 Å². The standard InChI is InChI=1S/C13H14F3NO2/c14-13(15,16)9-6-4-8(5-7-9)12(19)17-10-2-1-3-11(10)18/h4-7,10-11,18H,1-3H2,(H,17,19)/t10-,11+/m0/s1. The van der Waals surface area contributed by atoms with Gasteiger partial charge in [-0.1, -0.05) is 0 Å². The first kappa shape index (κ1) is 13.9. The monoisotopic (exact) mass is 273 g/mol. The van der Waals surface area contributed by atoms with E-state index in [-0.39, 0.29) is 11.6 Å². The second kappa shape index (κ2) is 5.21. The molecule has 0 spiro atoms. The van der Waals surface area contributed by atoms with Gasteiger partial charge in [0.1, 0.15) is 0 Å². The highest BCUT2D eigenvalue weighted by Crippen LogP contribution is 2.29. The number of aliphatic hydroxyl groups is 1. The maximum absolute atomic E-state index is 12.4. The Morgan fingerprint density at radius 3 is 2.32 bits per heavy atom. The summed E-state index contributed by atoms with van der Waals surface area (Å²) in [6.07, 6.45) is -2.82. The van der Waals surface area contributed by atoms with Gasteiger partial charge in [-0.05, 0) is 43.5 Å². The van der Waals surface area contributed by atoms with Gasteiger partial charge in [-0.2, -0.15) is 13.2 Å². The number of carbonyl (C=O) groups excluding carboxylic acids is 1. The Bertz CT molecular complexity index is 456. The van der Waals surface area contributed by atoms with Crippen molar-refractivity contribution in [2.24, 2.45) is 0 Å². The summed E-state index contributed by atoms with van der Waals surface area (Å²) in [4.78, 5) is 11.8. The molecule has 3 nitrogen and oxygen atoms in total. The van der Waals surface area contributed by atoms with Gasteiger partial charge >= 0.3 is 6.18 Å². The van der Waals surface area contributed by atoms with E-state index >= 15 is 0 Å². The van der Waals surface area contributed by atoms with Crippen molar-refractivity contribution in [3.8, 4) is 0 Å². The normalized spacial score (nSPS) is 23.4. The largest absolute Gasteiger partial charge is 0.416 e. The SMILES string of the molecule is O=C(N[C@H]1CCC[C@H]1O)c1ccc(C(F)(F)F)cc1. The van der Waals surface area contributed by atoms with Crippen molar-refractivity contribution in [1.29, 1.82) is 0 Å². The Morgan fingerprint density at radius 1 is 1.21 bits per heavy atom. The van der Waals surface area contributed by atoms with Crippen molar-refractivity contribution in [1.82, 2.24) is 5.32 Å². The van der Waals surface area contributed by atoms with Crippen molar-refractivity contribution in [3.63, 3.8) is 0 Å². The smallest absolute Gasteiger partial charge is 0.391 e. The molecular weight excluding hydrogens is 259 g/mol. The summed E-state index contributed by atoms with van der Waals surface area (Å²) in [5, 5.41) is 12.2. The Morgan fingerprint density at radius 2 is 1.84 bits per heavy atom. The van der Waals surface area contributed by atoms with Gasteiger partial charge in [0.05, 0.1) is 17.7 Å². The Balaban J connectivity index is 2.03. The summed E-state index contributed by atoms with van der Waals surface area (Å²) in [7, 11) is 0. The van der Waals surface area contributed by atoms with Crippen LogP contribution in [0.3, 0.4) is 0 Å². The summed E-state index contributed by atoms with van der Waals surface area (Å²) >= 11 is 0. The predicted molar refractivity (Wildman–Crippen MR) is 62.6 cm³/mol. The molecule has 1 fully saturated rings. The van der Waals surface area contributed by atoms with Gasteiger partial charge in [0.25, 0.3) is 5.91 Å². The predicted octanol–water partition coefficient (Wildman–Crippen LogP) is 2.35. The number of hydrogen-bond acceptors (Lipinski definition) is 2. The minimum absolute atomic E-state index is 0.159. The van der Waals surface area contributed by atoms with E-state index in [1.165, 1.54) is 0 Å². The van der Waals surface area contributed by atoms with Gasteiger partial charge < -0.3 is 10.4 Å². The molecule has 0 bridgehead atoms. The molecule has 2 N–H and O–H groups in total. The second-order valence-corrected chi connectivity index (χ2v) is 4.65. The van der Waals surface area contributed by atoms with Crippen LogP contribution in [0.5, 0.6) is 0 Å². The van der Waals surface area contributed by atoms with Crippen LogP contribution < -0.4 is 5.32 Å². The van der Waals surface area contributed by atoms with Gasteiger partial charge in [0.15, 0.2) is 0 Å². The number of hydrogen-bond donors (Lipinski definition) is 2. The molecule has 1 aliphatic rings. The highest BCUT2D eigenvalue weighted by atomic mass is 19.4. The summed E-state index contributed by atoms with van der Waals surface area (Å²) in [5.41, 5.74) is -0.628. The highest BCUT2D eigenvalue weighted by Gasteiger charge is 2.31. The molecule has 1 aliphatic carbocycles. The molecular formula is C13H14F3NO2. The van der Waals surface area contributed by atoms with Crippen molar-refractivity contribution in [3.05, 3.63) is 35.4 Å². The lowest BCUT2D eigenvalue weighted by atomic mass is 10.1. The van der Waals surface area contributed by atoms with E-state index in [1.54, 1.807) is 0 Å². The number of aliphatic hydroxyl groups excluding tert-OH is 1. The van der Waals surface area contributed by atoms with Gasteiger partial charge in [-0.15, -0.1) is 0 Å². The number of rotatable bonds is 2. The fraction of sp³-hybridized carbons (Fsp3) is 0.462. The molecule has 2 rings (SSSR count). The maximum atomic E-state index is 12.4. The van der Waals surface area contributed by atoms with Crippen LogP contribution in [0, 0.1) is 0 Å². The molecule has 0 radical (unpaired) electrons. The quantitative estimate of drug-likeness (QED) is 0.869. The summed E-state index contributed by atoms with van der Waals surface area (Å²) in [5.74, 6) is -0.459. The van der Waals surface area contributed by atoms with Crippen LogP contribution in [0.2, 0.25) is 0 Å². The number of amides is 1. The zero-order chi connectivity index (χ0) is 14.0. The third-order valence-corrected chi connectivity index (χ3v) is 3.27. The number of halogens is 3. The number of benzene rings is 1.